The third kappa shape index (κ3) is 3.66. The highest BCUT2D eigenvalue weighted by Gasteiger charge is 2.27. The van der Waals surface area contributed by atoms with Crippen LogP contribution in [0.4, 0.5) is 15.8 Å². The molecule has 0 unspecified atom stereocenters. The smallest absolute Gasteiger partial charge is 0.147 e. The fourth-order valence-corrected chi connectivity index (χ4v) is 4.66. The molecule has 0 aromatic heterocycles. The molecule has 2 heterocycles. The Morgan fingerprint density at radius 2 is 1.82 bits per heavy atom. The van der Waals surface area contributed by atoms with Crippen molar-refractivity contribution in [2.24, 2.45) is 5.92 Å². The van der Waals surface area contributed by atoms with Crippen LogP contribution in [0.3, 0.4) is 0 Å². The highest BCUT2D eigenvalue weighted by molar-refractivity contribution is 5.92. The molecule has 0 atom stereocenters. The second-order valence-electron chi connectivity index (χ2n) is 8.40. The van der Waals surface area contributed by atoms with Gasteiger partial charge in [-0.05, 0) is 43.5 Å². The minimum Gasteiger partial charge on any atom is -0.367 e. The zero-order valence-corrected chi connectivity index (χ0v) is 16.8. The normalized spacial score (nSPS) is 21.3. The van der Waals surface area contributed by atoms with Gasteiger partial charge in [0.15, 0.2) is 0 Å². The van der Waals surface area contributed by atoms with E-state index in [1.54, 1.807) is 6.07 Å². The van der Waals surface area contributed by atoms with Crippen LogP contribution in [-0.2, 0) is 0 Å². The lowest BCUT2D eigenvalue weighted by Gasteiger charge is -2.37. The van der Waals surface area contributed by atoms with Crippen LogP contribution in [0.25, 0.3) is 5.57 Å². The zero-order chi connectivity index (χ0) is 19.7. The molecule has 1 aromatic carbocycles. The van der Waals surface area contributed by atoms with E-state index in [-0.39, 0.29) is 5.82 Å². The summed E-state index contributed by atoms with van der Waals surface area (Å²) >= 11 is 0. The van der Waals surface area contributed by atoms with E-state index in [0.717, 1.165) is 44.0 Å². The molecule has 1 aliphatic carbocycles. The molecule has 28 heavy (non-hydrogen) atoms. The summed E-state index contributed by atoms with van der Waals surface area (Å²) in [6.45, 7) is 8.50. The number of nitriles is 1. The maximum Gasteiger partial charge on any atom is 0.147 e. The molecule has 1 aromatic rings. The van der Waals surface area contributed by atoms with E-state index >= 15 is 4.39 Å². The van der Waals surface area contributed by atoms with Gasteiger partial charge in [-0.1, -0.05) is 25.8 Å². The van der Waals surface area contributed by atoms with Crippen molar-refractivity contribution >= 4 is 16.9 Å². The Morgan fingerprint density at radius 3 is 2.50 bits per heavy atom. The van der Waals surface area contributed by atoms with Gasteiger partial charge in [0.05, 0.1) is 16.9 Å². The van der Waals surface area contributed by atoms with Gasteiger partial charge in [-0.25, -0.2) is 4.39 Å². The first-order chi connectivity index (χ1) is 13.6. The van der Waals surface area contributed by atoms with E-state index in [9.17, 15) is 5.26 Å². The van der Waals surface area contributed by atoms with Gasteiger partial charge in [-0.3, -0.25) is 0 Å². The number of likely N-dealkylation sites (N-methyl/N-ethyl adjacent to an activating group) is 1. The Kier molecular flexibility index (Phi) is 5.41. The van der Waals surface area contributed by atoms with Crippen LogP contribution in [0.15, 0.2) is 30.5 Å². The largest absolute Gasteiger partial charge is 0.367 e. The molecule has 4 rings (SSSR count). The third-order valence-electron chi connectivity index (χ3n) is 6.45. The summed E-state index contributed by atoms with van der Waals surface area (Å²) in [5.74, 6) is 0.405. The molecule has 1 saturated carbocycles. The first kappa shape index (κ1) is 19.0. The number of rotatable bonds is 3. The molecule has 0 amide bonds. The molecular formula is C23H29FN4. The lowest BCUT2D eigenvalue weighted by atomic mass is 9.87. The highest BCUT2D eigenvalue weighted by Crippen LogP contribution is 2.41. The molecule has 0 bridgehead atoms. The van der Waals surface area contributed by atoms with Crippen molar-refractivity contribution in [2.45, 2.75) is 32.1 Å². The van der Waals surface area contributed by atoms with Crippen LogP contribution in [0.5, 0.6) is 0 Å². The predicted octanol–water partition coefficient (Wildman–Crippen LogP) is 4.40. The van der Waals surface area contributed by atoms with Crippen LogP contribution in [-0.4, -0.2) is 44.7 Å². The van der Waals surface area contributed by atoms with E-state index in [1.807, 2.05) is 12.3 Å². The number of anilines is 2. The van der Waals surface area contributed by atoms with Crippen LogP contribution in [0.2, 0.25) is 0 Å². The average molecular weight is 381 g/mol. The predicted molar refractivity (Wildman–Crippen MR) is 113 cm³/mol. The standard InChI is InChI=1S/C23H29FN4/c1-17-19(14-25)16-28(15-18-6-4-3-5-7-18)22-13-23(21(24)12-20(17)22)27-10-8-26(2)9-11-27/h12-13,16,18H,1,3-11,15H2,2H3. The molecule has 2 fully saturated rings. The molecule has 148 valence electrons. The van der Waals surface area contributed by atoms with E-state index in [4.69, 9.17) is 0 Å². The second kappa shape index (κ2) is 7.97. The third-order valence-corrected chi connectivity index (χ3v) is 6.45. The summed E-state index contributed by atoms with van der Waals surface area (Å²) in [4.78, 5) is 6.59. The number of fused-ring (bicyclic) bond motifs is 1. The average Bonchev–Trinajstić information content (AvgIpc) is 2.71. The fourth-order valence-electron chi connectivity index (χ4n) is 4.66. The number of hydrogen-bond acceptors (Lipinski definition) is 4. The minimum atomic E-state index is -0.221. The van der Waals surface area contributed by atoms with Gasteiger partial charge in [0.1, 0.15) is 11.9 Å². The van der Waals surface area contributed by atoms with Crippen molar-refractivity contribution in [3.63, 3.8) is 0 Å². The first-order valence-electron chi connectivity index (χ1n) is 10.4. The van der Waals surface area contributed by atoms with Crippen LogP contribution in [0.1, 0.15) is 37.7 Å². The summed E-state index contributed by atoms with van der Waals surface area (Å²) in [5.41, 5.74) is 3.58. The van der Waals surface area contributed by atoms with Gasteiger partial charge in [-0.15, -0.1) is 0 Å². The molecule has 4 nitrogen and oxygen atoms in total. The van der Waals surface area contributed by atoms with Gasteiger partial charge in [0.2, 0.25) is 0 Å². The Hall–Kier alpha value is -2.32. The van der Waals surface area contributed by atoms with Gasteiger partial charge in [0.25, 0.3) is 0 Å². The van der Waals surface area contributed by atoms with E-state index in [1.165, 1.54) is 32.1 Å². The molecule has 1 saturated heterocycles. The second-order valence-corrected chi connectivity index (χ2v) is 8.40. The summed E-state index contributed by atoms with van der Waals surface area (Å²) < 4.78 is 15.0. The summed E-state index contributed by atoms with van der Waals surface area (Å²) in [5, 5.41) is 9.55. The Labute approximate surface area is 167 Å². The van der Waals surface area contributed by atoms with Crippen molar-refractivity contribution in [3.05, 3.63) is 41.9 Å². The molecule has 0 radical (unpaired) electrons. The molecule has 2 aliphatic heterocycles. The molecular weight excluding hydrogens is 351 g/mol. The number of halogens is 1. The summed E-state index contributed by atoms with van der Waals surface area (Å²) in [6.07, 6.45) is 8.27. The van der Waals surface area contributed by atoms with Crippen molar-refractivity contribution in [2.75, 3.05) is 49.6 Å². The molecule has 0 N–H and O–H groups in total. The topological polar surface area (TPSA) is 33.5 Å². The molecule has 0 spiro atoms. The maximum atomic E-state index is 15.0. The Morgan fingerprint density at radius 1 is 1.11 bits per heavy atom. The Bertz CT molecular complexity index is 824. The summed E-state index contributed by atoms with van der Waals surface area (Å²) in [7, 11) is 2.10. The number of benzene rings is 1. The van der Waals surface area contributed by atoms with Crippen LogP contribution < -0.4 is 9.80 Å². The highest BCUT2D eigenvalue weighted by atomic mass is 19.1. The minimum absolute atomic E-state index is 0.221. The quantitative estimate of drug-likeness (QED) is 0.778. The first-order valence-corrected chi connectivity index (χ1v) is 10.4. The van der Waals surface area contributed by atoms with Gasteiger partial charge >= 0.3 is 0 Å². The number of nitrogens with zero attached hydrogens (tertiary/aromatic N) is 4. The molecule has 3 aliphatic rings. The Balaban J connectivity index is 1.68. The lowest BCUT2D eigenvalue weighted by molar-refractivity contribution is 0.311. The van der Waals surface area contributed by atoms with E-state index < -0.39 is 0 Å². The van der Waals surface area contributed by atoms with Crippen LogP contribution in [0, 0.1) is 23.1 Å². The van der Waals surface area contributed by atoms with E-state index in [0.29, 0.717) is 22.8 Å². The summed E-state index contributed by atoms with van der Waals surface area (Å²) in [6, 6.07) is 5.81. The fraction of sp³-hybridized carbons (Fsp3) is 0.522. The zero-order valence-electron chi connectivity index (χ0n) is 16.8. The van der Waals surface area contributed by atoms with Crippen LogP contribution >= 0.6 is 0 Å². The van der Waals surface area contributed by atoms with Gasteiger partial charge < -0.3 is 14.7 Å². The van der Waals surface area contributed by atoms with Crippen molar-refractivity contribution < 1.29 is 4.39 Å². The molecule has 5 heteroatoms. The SMILES string of the molecule is C=C1C(C#N)=CN(CC2CCCCC2)c2cc(N3CCN(C)CC3)c(F)cc21. The van der Waals surface area contributed by atoms with Gasteiger partial charge in [-0.2, -0.15) is 5.26 Å². The number of piperazine rings is 1. The van der Waals surface area contributed by atoms with Crippen molar-refractivity contribution in [1.82, 2.24) is 4.90 Å². The van der Waals surface area contributed by atoms with Crippen molar-refractivity contribution in [3.8, 4) is 6.07 Å². The van der Waals surface area contributed by atoms with Crippen molar-refractivity contribution in [1.29, 1.82) is 5.26 Å². The monoisotopic (exact) mass is 380 g/mol. The number of hydrogen-bond donors (Lipinski definition) is 0. The lowest BCUT2D eigenvalue weighted by Crippen LogP contribution is -2.45. The van der Waals surface area contributed by atoms with E-state index in [2.05, 4.69) is 34.4 Å². The number of allylic oxidation sites excluding steroid dienone is 2. The maximum absolute atomic E-state index is 15.0. The van der Waals surface area contributed by atoms with Gasteiger partial charge in [0, 0.05) is 44.5 Å².